The van der Waals surface area contributed by atoms with E-state index in [1.54, 1.807) is 11.3 Å². The van der Waals surface area contributed by atoms with Crippen molar-refractivity contribution in [2.24, 2.45) is 5.84 Å². The predicted molar refractivity (Wildman–Crippen MR) is 88.8 cm³/mol. The van der Waals surface area contributed by atoms with E-state index in [-0.39, 0.29) is 0 Å². The van der Waals surface area contributed by atoms with E-state index in [0.29, 0.717) is 12.4 Å². The van der Waals surface area contributed by atoms with Crippen LogP contribution >= 0.6 is 11.3 Å². The Bertz CT molecular complexity index is 782. The number of nitrogens with zero attached hydrogens (tertiary/aromatic N) is 1. The summed E-state index contributed by atoms with van der Waals surface area (Å²) in [6.07, 6.45) is 0. The van der Waals surface area contributed by atoms with Gasteiger partial charge in [-0.2, -0.15) is 0 Å². The van der Waals surface area contributed by atoms with E-state index < -0.39 is 0 Å². The maximum Gasteiger partial charge on any atom is 0.149 e. The number of aromatic nitrogens is 1. The van der Waals surface area contributed by atoms with Crippen molar-refractivity contribution in [3.05, 3.63) is 41.3 Å². The number of hydrazine groups is 1. The van der Waals surface area contributed by atoms with Crippen molar-refractivity contribution in [1.29, 1.82) is 0 Å². The molecule has 2 heterocycles. The van der Waals surface area contributed by atoms with E-state index in [2.05, 4.69) is 17.7 Å². The van der Waals surface area contributed by atoms with Crippen LogP contribution < -0.4 is 16.0 Å². The second-order valence-electron chi connectivity index (χ2n) is 4.67. The molecule has 0 spiro atoms. The van der Waals surface area contributed by atoms with Gasteiger partial charge in [-0.25, -0.2) is 10.8 Å². The maximum atomic E-state index is 5.73. The van der Waals surface area contributed by atoms with Crippen molar-refractivity contribution in [2.45, 2.75) is 13.8 Å². The van der Waals surface area contributed by atoms with Gasteiger partial charge >= 0.3 is 0 Å². The molecule has 0 aliphatic rings. The number of para-hydroxylation sites is 1. The number of thiophene rings is 1. The summed E-state index contributed by atoms with van der Waals surface area (Å²) in [5.41, 5.74) is 5.74. The normalized spacial score (nSPS) is 10.8. The topological polar surface area (TPSA) is 60.2 Å². The Morgan fingerprint density at radius 1 is 1.29 bits per heavy atom. The first-order chi connectivity index (χ1) is 10.3. The van der Waals surface area contributed by atoms with Crippen molar-refractivity contribution < 1.29 is 4.74 Å². The van der Waals surface area contributed by atoms with Crippen molar-refractivity contribution in [1.82, 2.24) is 4.98 Å². The van der Waals surface area contributed by atoms with Gasteiger partial charge in [0.25, 0.3) is 0 Å². The van der Waals surface area contributed by atoms with Gasteiger partial charge in [0.2, 0.25) is 0 Å². The number of anilines is 1. The van der Waals surface area contributed by atoms with Crippen LogP contribution in [0, 0.1) is 6.92 Å². The minimum absolute atomic E-state index is 0.624. The summed E-state index contributed by atoms with van der Waals surface area (Å²) in [7, 11) is 0. The number of hydrogen-bond donors (Lipinski definition) is 2. The molecule has 0 fully saturated rings. The summed E-state index contributed by atoms with van der Waals surface area (Å²) >= 11 is 1.70. The summed E-state index contributed by atoms with van der Waals surface area (Å²) in [5.74, 6) is 7.16. The number of rotatable bonds is 4. The molecule has 3 N–H and O–H groups in total. The zero-order valence-electron chi connectivity index (χ0n) is 12.0. The smallest absolute Gasteiger partial charge is 0.149 e. The third-order valence-corrected chi connectivity index (χ3v) is 4.45. The van der Waals surface area contributed by atoms with Crippen LogP contribution in [-0.2, 0) is 0 Å². The average molecular weight is 299 g/mol. The molecule has 0 saturated heterocycles. The number of fused-ring (bicyclic) bond motifs is 1. The Balaban J connectivity index is 2.27. The fraction of sp³-hybridized carbons (Fsp3) is 0.188. The second-order valence-corrected chi connectivity index (χ2v) is 5.59. The molecule has 0 atom stereocenters. The third kappa shape index (κ3) is 2.34. The van der Waals surface area contributed by atoms with Crippen molar-refractivity contribution in [3.63, 3.8) is 0 Å². The molecule has 3 rings (SSSR count). The van der Waals surface area contributed by atoms with E-state index in [1.165, 1.54) is 4.70 Å². The number of nitrogen functional groups attached to an aromatic ring is 1. The van der Waals surface area contributed by atoms with Crippen molar-refractivity contribution >= 4 is 27.2 Å². The van der Waals surface area contributed by atoms with Gasteiger partial charge in [0, 0.05) is 15.6 Å². The fourth-order valence-electron chi connectivity index (χ4n) is 2.47. The largest absolute Gasteiger partial charge is 0.493 e. The first kappa shape index (κ1) is 13.9. The molecule has 3 aromatic rings. The summed E-state index contributed by atoms with van der Waals surface area (Å²) in [6.45, 7) is 4.69. The van der Waals surface area contributed by atoms with Crippen LogP contribution in [-0.4, -0.2) is 11.6 Å². The van der Waals surface area contributed by atoms with E-state index >= 15 is 0 Å². The lowest BCUT2D eigenvalue weighted by Crippen LogP contribution is -2.10. The van der Waals surface area contributed by atoms with Crippen LogP contribution in [0.25, 0.3) is 21.3 Å². The molecular weight excluding hydrogens is 282 g/mol. The quantitative estimate of drug-likeness (QED) is 0.565. The molecule has 0 saturated carbocycles. The second kappa shape index (κ2) is 5.71. The summed E-state index contributed by atoms with van der Waals surface area (Å²) in [4.78, 5) is 4.69. The molecule has 0 aliphatic carbocycles. The van der Waals surface area contributed by atoms with Crippen LogP contribution in [0.3, 0.4) is 0 Å². The predicted octanol–water partition coefficient (Wildman–Crippen LogP) is 3.96. The molecule has 2 aromatic heterocycles. The molecule has 0 radical (unpaired) electrons. The summed E-state index contributed by atoms with van der Waals surface area (Å²) in [6, 6.07) is 9.99. The van der Waals surface area contributed by atoms with E-state index in [1.807, 2.05) is 37.3 Å². The Morgan fingerprint density at radius 2 is 2.10 bits per heavy atom. The Morgan fingerprint density at radius 3 is 2.86 bits per heavy atom. The maximum absolute atomic E-state index is 5.73. The van der Waals surface area contributed by atoms with Crippen LogP contribution in [0.15, 0.2) is 35.7 Å². The number of aryl methyl sites for hydroxylation is 1. The van der Waals surface area contributed by atoms with E-state index in [9.17, 15) is 0 Å². The minimum atomic E-state index is 0.624. The molecule has 4 nitrogen and oxygen atoms in total. The van der Waals surface area contributed by atoms with Gasteiger partial charge in [0.1, 0.15) is 11.6 Å². The summed E-state index contributed by atoms with van der Waals surface area (Å²) < 4.78 is 6.92. The molecule has 1 aromatic carbocycles. The average Bonchev–Trinajstić information content (AvgIpc) is 2.99. The lowest BCUT2D eigenvalue weighted by Gasteiger charge is -2.14. The summed E-state index contributed by atoms with van der Waals surface area (Å²) in [5, 5.41) is 3.11. The van der Waals surface area contributed by atoms with Gasteiger partial charge in [-0.1, -0.05) is 12.1 Å². The Hall–Kier alpha value is -2.11. The van der Waals surface area contributed by atoms with Gasteiger partial charge in [-0.05, 0) is 43.0 Å². The van der Waals surface area contributed by atoms with Crippen LogP contribution in [0.1, 0.15) is 12.5 Å². The number of ether oxygens (including phenoxy) is 1. The highest BCUT2D eigenvalue weighted by Crippen LogP contribution is 2.38. The number of pyridine rings is 1. The standard InChI is InChI=1S/C16H17N3OS/c1-3-20-13-7-5-4-6-11(13)14-10(2)15-12(8-9-21-15)16(18-14)19-17/h4-9H,3,17H2,1-2H3,(H,18,19). The molecule has 108 valence electrons. The number of nitrogens with two attached hydrogens (primary N) is 1. The van der Waals surface area contributed by atoms with Crippen molar-refractivity contribution in [2.75, 3.05) is 12.0 Å². The highest BCUT2D eigenvalue weighted by atomic mass is 32.1. The lowest BCUT2D eigenvalue weighted by atomic mass is 10.0. The zero-order chi connectivity index (χ0) is 14.8. The SMILES string of the molecule is CCOc1ccccc1-c1nc(NN)c2ccsc2c1C. The first-order valence-corrected chi connectivity index (χ1v) is 7.70. The molecule has 0 bridgehead atoms. The molecule has 0 amide bonds. The monoisotopic (exact) mass is 299 g/mol. The van der Waals surface area contributed by atoms with Crippen LogP contribution in [0.5, 0.6) is 5.75 Å². The van der Waals surface area contributed by atoms with Crippen molar-refractivity contribution in [3.8, 4) is 17.0 Å². The van der Waals surface area contributed by atoms with Gasteiger partial charge < -0.3 is 10.2 Å². The highest BCUT2D eigenvalue weighted by molar-refractivity contribution is 7.17. The fourth-order valence-corrected chi connectivity index (χ4v) is 3.37. The van der Waals surface area contributed by atoms with E-state index in [4.69, 9.17) is 15.6 Å². The first-order valence-electron chi connectivity index (χ1n) is 6.82. The van der Waals surface area contributed by atoms with Gasteiger partial charge in [-0.15, -0.1) is 11.3 Å². The number of hydrogen-bond acceptors (Lipinski definition) is 5. The Labute approximate surface area is 127 Å². The molecule has 5 heteroatoms. The van der Waals surface area contributed by atoms with E-state index in [0.717, 1.165) is 28.0 Å². The zero-order valence-corrected chi connectivity index (χ0v) is 12.8. The molecule has 21 heavy (non-hydrogen) atoms. The number of nitrogens with one attached hydrogen (secondary N) is 1. The van der Waals surface area contributed by atoms with Gasteiger partial charge in [0.15, 0.2) is 0 Å². The molecular formula is C16H17N3OS. The lowest BCUT2D eigenvalue weighted by molar-refractivity contribution is 0.341. The van der Waals surface area contributed by atoms with Gasteiger partial charge in [-0.3, -0.25) is 0 Å². The highest BCUT2D eigenvalue weighted by Gasteiger charge is 2.15. The molecule has 0 unspecified atom stereocenters. The molecule has 0 aliphatic heterocycles. The minimum Gasteiger partial charge on any atom is -0.493 e. The number of benzene rings is 1. The van der Waals surface area contributed by atoms with Gasteiger partial charge in [0.05, 0.1) is 12.3 Å². The van der Waals surface area contributed by atoms with Crippen LogP contribution in [0.2, 0.25) is 0 Å². The van der Waals surface area contributed by atoms with Crippen LogP contribution in [0.4, 0.5) is 5.82 Å². The third-order valence-electron chi connectivity index (χ3n) is 3.42. The Kier molecular flexibility index (Phi) is 3.77.